The van der Waals surface area contributed by atoms with Crippen molar-refractivity contribution in [1.29, 1.82) is 0 Å². The molecule has 1 saturated carbocycles. The van der Waals surface area contributed by atoms with Gasteiger partial charge in [-0.15, -0.1) is 0 Å². The summed E-state index contributed by atoms with van der Waals surface area (Å²) in [5, 5.41) is 0. The molecule has 1 aliphatic carbocycles. The van der Waals surface area contributed by atoms with E-state index in [9.17, 15) is 0 Å². The van der Waals surface area contributed by atoms with Crippen molar-refractivity contribution in [2.24, 2.45) is 0 Å². The van der Waals surface area contributed by atoms with Crippen molar-refractivity contribution in [1.82, 2.24) is 4.90 Å². The van der Waals surface area contributed by atoms with Crippen LogP contribution in [0.4, 0.5) is 5.69 Å². The molecule has 98 valence electrons. The fourth-order valence-corrected chi connectivity index (χ4v) is 3.53. The second kappa shape index (κ2) is 5.19. The molecule has 0 aromatic heterocycles. The summed E-state index contributed by atoms with van der Waals surface area (Å²) in [7, 11) is 0. The van der Waals surface area contributed by atoms with Gasteiger partial charge in [0.2, 0.25) is 0 Å². The number of ether oxygens (including phenoxy) is 1. The third kappa shape index (κ3) is 2.29. The van der Waals surface area contributed by atoms with Gasteiger partial charge in [-0.1, -0.05) is 12.1 Å². The second-order valence-corrected chi connectivity index (χ2v) is 5.99. The third-order valence-corrected chi connectivity index (χ3v) is 5.05. The Hall–Kier alpha value is -0.580. The summed E-state index contributed by atoms with van der Waals surface area (Å²) in [6.45, 7) is 2.86. The quantitative estimate of drug-likeness (QED) is 0.854. The molecular weight excluding hydrogens is 292 g/mol. The van der Waals surface area contributed by atoms with E-state index in [0.29, 0.717) is 12.1 Å². The number of anilines is 1. The SMILES string of the molecule is Nc1cccc(CN2CCOC3CCCC32)c1Br. The average molecular weight is 311 g/mol. The van der Waals surface area contributed by atoms with E-state index < -0.39 is 0 Å². The maximum atomic E-state index is 5.94. The molecule has 2 aliphatic rings. The number of nitrogen functional groups attached to an aromatic ring is 1. The standard InChI is InChI=1S/C14H19BrN2O/c15-14-10(3-1-4-11(14)16)9-17-7-8-18-13-6-2-5-12(13)17/h1,3-4,12-13H,2,5-9,16H2. The third-order valence-electron chi connectivity index (χ3n) is 4.08. The minimum atomic E-state index is 0.457. The van der Waals surface area contributed by atoms with Crippen LogP contribution in [0.25, 0.3) is 0 Å². The van der Waals surface area contributed by atoms with Crippen LogP contribution in [0.2, 0.25) is 0 Å². The summed E-state index contributed by atoms with van der Waals surface area (Å²) in [6, 6.07) is 6.72. The molecule has 0 amide bonds. The van der Waals surface area contributed by atoms with Crippen LogP contribution < -0.4 is 5.73 Å². The van der Waals surface area contributed by atoms with Gasteiger partial charge in [-0.05, 0) is 46.8 Å². The van der Waals surface area contributed by atoms with Gasteiger partial charge in [0.25, 0.3) is 0 Å². The summed E-state index contributed by atoms with van der Waals surface area (Å²) >= 11 is 3.60. The molecule has 1 aromatic carbocycles. The molecule has 18 heavy (non-hydrogen) atoms. The van der Waals surface area contributed by atoms with Gasteiger partial charge in [0.15, 0.2) is 0 Å². The Kier molecular flexibility index (Phi) is 3.59. The molecule has 0 radical (unpaired) electrons. The van der Waals surface area contributed by atoms with E-state index in [0.717, 1.165) is 29.9 Å². The molecule has 1 heterocycles. The van der Waals surface area contributed by atoms with Crippen molar-refractivity contribution in [3.05, 3.63) is 28.2 Å². The number of nitrogens with two attached hydrogens (primary N) is 1. The van der Waals surface area contributed by atoms with Gasteiger partial charge in [0.1, 0.15) is 0 Å². The molecule has 2 unspecified atom stereocenters. The Morgan fingerprint density at radius 2 is 2.28 bits per heavy atom. The minimum Gasteiger partial charge on any atom is -0.398 e. The van der Waals surface area contributed by atoms with Gasteiger partial charge in [0.05, 0.1) is 12.7 Å². The van der Waals surface area contributed by atoms with Crippen LogP contribution in [0.15, 0.2) is 22.7 Å². The minimum absolute atomic E-state index is 0.457. The van der Waals surface area contributed by atoms with Crippen molar-refractivity contribution < 1.29 is 4.74 Å². The number of rotatable bonds is 2. The van der Waals surface area contributed by atoms with Crippen molar-refractivity contribution >= 4 is 21.6 Å². The summed E-state index contributed by atoms with van der Waals surface area (Å²) in [4.78, 5) is 2.56. The Balaban J connectivity index is 1.77. The molecular formula is C14H19BrN2O. The van der Waals surface area contributed by atoms with Gasteiger partial charge >= 0.3 is 0 Å². The van der Waals surface area contributed by atoms with Crippen molar-refractivity contribution in [3.8, 4) is 0 Å². The molecule has 2 fully saturated rings. The zero-order valence-corrected chi connectivity index (χ0v) is 12.0. The Bertz CT molecular complexity index is 438. The van der Waals surface area contributed by atoms with Gasteiger partial charge in [-0.3, -0.25) is 4.90 Å². The Labute approximate surface area is 116 Å². The van der Waals surface area contributed by atoms with E-state index >= 15 is 0 Å². The monoisotopic (exact) mass is 310 g/mol. The fraction of sp³-hybridized carbons (Fsp3) is 0.571. The van der Waals surface area contributed by atoms with Crippen LogP contribution in [0.3, 0.4) is 0 Å². The zero-order chi connectivity index (χ0) is 12.5. The molecule has 1 aliphatic heterocycles. The normalized spacial score (nSPS) is 28.3. The maximum absolute atomic E-state index is 5.94. The first-order chi connectivity index (χ1) is 8.75. The number of morpholine rings is 1. The highest BCUT2D eigenvalue weighted by atomic mass is 79.9. The van der Waals surface area contributed by atoms with E-state index in [1.165, 1.54) is 24.8 Å². The van der Waals surface area contributed by atoms with E-state index in [1.54, 1.807) is 0 Å². The van der Waals surface area contributed by atoms with Crippen molar-refractivity contribution in [3.63, 3.8) is 0 Å². The highest BCUT2D eigenvalue weighted by Gasteiger charge is 2.35. The predicted molar refractivity (Wildman–Crippen MR) is 76.3 cm³/mol. The van der Waals surface area contributed by atoms with Crippen LogP contribution in [0, 0.1) is 0 Å². The zero-order valence-electron chi connectivity index (χ0n) is 10.4. The van der Waals surface area contributed by atoms with Crippen LogP contribution in [0.5, 0.6) is 0 Å². The first kappa shape index (κ1) is 12.5. The van der Waals surface area contributed by atoms with Crippen LogP contribution >= 0.6 is 15.9 Å². The largest absolute Gasteiger partial charge is 0.398 e. The van der Waals surface area contributed by atoms with Crippen molar-refractivity contribution in [2.45, 2.75) is 38.0 Å². The lowest BCUT2D eigenvalue weighted by Crippen LogP contribution is -2.47. The van der Waals surface area contributed by atoms with Gasteiger partial charge in [-0.25, -0.2) is 0 Å². The molecule has 1 saturated heterocycles. The number of benzene rings is 1. The number of hydrogen-bond acceptors (Lipinski definition) is 3. The lowest BCUT2D eigenvalue weighted by molar-refractivity contribution is -0.0588. The molecule has 2 atom stereocenters. The number of hydrogen-bond donors (Lipinski definition) is 1. The van der Waals surface area contributed by atoms with Crippen LogP contribution in [0.1, 0.15) is 24.8 Å². The highest BCUT2D eigenvalue weighted by molar-refractivity contribution is 9.10. The molecule has 3 nitrogen and oxygen atoms in total. The lowest BCUT2D eigenvalue weighted by Gasteiger charge is -2.37. The van der Waals surface area contributed by atoms with Gasteiger partial charge < -0.3 is 10.5 Å². The highest BCUT2D eigenvalue weighted by Crippen LogP contribution is 2.32. The summed E-state index contributed by atoms with van der Waals surface area (Å²) < 4.78 is 6.89. The fourth-order valence-electron chi connectivity index (χ4n) is 3.14. The number of fused-ring (bicyclic) bond motifs is 1. The van der Waals surface area contributed by atoms with Crippen LogP contribution in [-0.4, -0.2) is 30.2 Å². The summed E-state index contributed by atoms with van der Waals surface area (Å²) in [6.07, 6.45) is 4.24. The molecule has 1 aromatic rings. The van der Waals surface area contributed by atoms with Gasteiger partial charge in [-0.2, -0.15) is 0 Å². The van der Waals surface area contributed by atoms with Gasteiger partial charge in [0, 0.05) is 29.3 Å². The van der Waals surface area contributed by atoms with E-state index in [2.05, 4.69) is 26.9 Å². The van der Waals surface area contributed by atoms with E-state index in [1.807, 2.05) is 12.1 Å². The summed E-state index contributed by atoms with van der Waals surface area (Å²) in [5.74, 6) is 0. The first-order valence-corrected chi connectivity index (χ1v) is 7.43. The molecule has 0 spiro atoms. The van der Waals surface area contributed by atoms with Crippen molar-refractivity contribution in [2.75, 3.05) is 18.9 Å². The Morgan fingerprint density at radius 3 is 3.17 bits per heavy atom. The van der Waals surface area contributed by atoms with E-state index in [4.69, 9.17) is 10.5 Å². The van der Waals surface area contributed by atoms with Crippen LogP contribution in [-0.2, 0) is 11.3 Å². The molecule has 0 bridgehead atoms. The predicted octanol–water partition coefficient (Wildman–Crippen LogP) is 2.78. The summed E-state index contributed by atoms with van der Waals surface area (Å²) in [5.41, 5.74) is 8.05. The second-order valence-electron chi connectivity index (χ2n) is 5.20. The lowest BCUT2D eigenvalue weighted by atomic mass is 10.1. The molecule has 4 heteroatoms. The molecule has 3 rings (SSSR count). The first-order valence-electron chi connectivity index (χ1n) is 6.64. The maximum Gasteiger partial charge on any atom is 0.0731 e. The average Bonchev–Trinajstić information content (AvgIpc) is 2.84. The number of halogens is 1. The molecule has 2 N–H and O–H groups in total. The Morgan fingerprint density at radius 1 is 1.39 bits per heavy atom. The van der Waals surface area contributed by atoms with E-state index in [-0.39, 0.29) is 0 Å². The topological polar surface area (TPSA) is 38.5 Å². The number of nitrogens with zero attached hydrogens (tertiary/aromatic N) is 1. The smallest absolute Gasteiger partial charge is 0.0731 e.